The number of urea groups is 1. The molecule has 0 unspecified atom stereocenters. The number of nitrogens with one attached hydrogen (secondary N) is 3. The van der Waals surface area contributed by atoms with Crippen molar-refractivity contribution in [3.05, 3.63) is 54.2 Å². The van der Waals surface area contributed by atoms with E-state index in [4.69, 9.17) is 9.47 Å². The maximum atomic E-state index is 12.5. The fourth-order valence-electron chi connectivity index (χ4n) is 3.85. The van der Waals surface area contributed by atoms with Crippen LogP contribution in [0, 0.1) is 0 Å². The summed E-state index contributed by atoms with van der Waals surface area (Å²) in [7, 11) is 0. The number of carbonyl (C=O) groups is 3. The van der Waals surface area contributed by atoms with Crippen LogP contribution in [0.15, 0.2) is 48.5 Å². The van der Waals surface area contributed by atoms with E-state index in [2.05, 4.69) is 20.6 Å². The van der Waals surface area contributed by atoms with Crippen LogP contribution in [0.3, 0.4) is 0 Å². The number of carbonyl (C=O) groups excluding carboxylic acids is 2. The van der Waals surface area contributed by atoms with E-state index in [-0.39, 0.29) is 35.2 Å². The van der Waals surface area contributed by atoms with E-state index >= 15 is 0 Å². The van der Waals surface area contributed by atoms with Crippen molar-refractivity contribution in [2.45, 2.75) is 13.1 Å². The lowest BCUT2D eigenvalue weighted by Gasteiger charge is -2.29. The summed E-state index contributed by atoms with van der Waals surface area (Å²) in [4.78, 5) is 46.3. The minimum Gasteiger partial charge on any atom is -0.488 e. The minimum atomic E-state index is -5.05. The van der Waals surface area contributed by atoms with Crippen LogP contribution in [0.2, 0.25) is 0 Å². The minimum absolute atomic E-state index is 0.0719. The molecular formula is C26H25F3N6O6. The monoisotopic (exact) mass is 574 g/mol. The van der Waals surface area contributed by atoms with Gasteiger partial charge in [0.2, 0.25) is 0 Å². The number of aromatic carboxylic acids is 1. The first-order valence-corrected chi connectivity index (χ1v) is 12.3. The number of benzene rings is 2. The van der Waals surface area contributed by atoms with Gasteiger partial charge in [-0.15, -0.1) is 0 Å². The van der Waals surface area contributed by atoms with Crippen LogP contribution in [-0.2, 0) is 9.53 Å². The summed E-state index contributed by atoms with van der Waals surface area (Å²) in [5, 5.41) is 16.6. The Labute approximate surface area is 231 Å². The lowest BCUT2D eigenvalue weighted by Crippen LogP contribution is -2.37. The molecule has 0 saturated carbocycles. The van der Waals surface area contributed by atoms with E-state index in [9.17, 15) is 32.7 Å². The molecule has 12 nitrogen and oxygen atoms in total. The lowest BCUT2D eigenvalue weighted by atomic mass is 10.2. The van der Waals surface area contributed by atoms with Gasteiger partial charge in [-0.1, -0.05) is 6.07 Å². The average Bonchev–Trinajstić information content (AvgIpc) is 2.93. The molecule has 0 atom stereocenters. The third kappa shape index (κ3) is 7.39. The van der Waals surface area contributed by atoms with Gasteiger partial charge in [0.1, 0.15) is 0 Å². The Bertz CT molecular complexity index is 1430. The molecule has 0 aliphatic carbocycles. The molecular weight excluding hydrogens is 549 g/mol. The summed E-state index contributed by atoms with van der Waals surface area (Å²) >= 11 is 0. The average molecular weight is 575 g/mol. The molecule has 216 valence electrons. The predicted octanol–water partition coefficient (Wildman–Crippen LogP) is 4.22. The number of anilines is 4. The fourth-order valence-corrected chi connectivity index (χ4v) is 3.85. The van der Waals surface area contributed by atoms with Crippen LogP contribution in [0.1, 0.15) is 17.4 Å². The number of alkyl halides is 3. The van der Waals surface area contributed by atoms with Gasteiger partial charge in [-0.25, -0.2) is 19.6 Å². The van der Waals surface area contributed by atoms with Gasteiger partial charge in [0.15, 0.2) is 23.1 Å². The molecule has 2 heterocycles. The molecule has 0 spiro atoms. The Morgan fingerprint density at radius 1 is 0.976 bits per heavy atom. The molecule has 1 saturated heterocycles. The molecule has 15 heteroatoms. The van der Waals surface area contributed by atoms with Crippen LogP contribution < -0.4 is 25.6 Å². The quantitative estimate of drug-likeness (QED) is 0.309. The second-order valence-electron chi connectivity index (χ2n) is 8.58. The zero-order chi connectivity index (χ0) is 29.6. The van der Waals surface area contributed by atoms with E-state index in [0.29, 0.717) is 43.4 Å². The fraction of sp³-hybridized carbons (Fsp3) is 0.269. The highest BCUT2D eigenvalue weighted by Crippen LogP contribution is 2.33. The number of hydrogen-bond donors (Lipinski definition) is 4. The molecule has 1 aromatic heterocycles. The third-order valence-electron chi connectivity index (χ3n) is 5.69. The summed E-state index contributed by atoms with van der Waals surface area (Å²) < 4.78 is 48.5. The van der Waals surface area contributed by atoms with Crippen LogP contribution in [-0.4, -0.2) is 72.1 Å². The van der Waals surface area contributed by atoms with E-state index in [1.165, 1.54) is 24.3 Å². The van der Waals surface area contributed by atoms with Crippen LogP contribution in [0.5, 0.6) is 5.75 Å². The zero-order valence-electron chi connectivity index (χ0n) is 21.6. The predicted molar refractivity (Wildman–Crippen MR) is 142 cm³/mol. The number of amides is 3. The summed E-state index contributed by atoms with van der Waals surface area (Å²) in [6, 6.07) is 10.8. The maximum absolute atomic E-state index is 12.5. The van der Waals surface area contributed by atoms with Gasteiger partial charge < -0.3 is 35.4 Å². The molecule has 4 rings (SSSR count). The van der Waals surface area contributed by atoms with Gasteiger partial charge in [0.05, 0.1) is 19.8 Å². The molecule has 41 heavy (non-hydrogen) atoms. The van der Waals surface area contributed by atoms with Crippen molar-refractivity contribution < 1.29 is 42.1 Å². The van der Waals surface area contributed by atoms with Crippen molar-refractivity contribution in [3.8, 4) is 17.1 Å². The van der Waals surface area contributed by atoms with Crippen molar-refractivity contribution in [2.24, 2.45) is 0 Å². The van der Waals surface area contributed by atoms with Crippen molar-refractivity contribution in [1.82, 2.24) is 9.97 Å². The van der Waals surface area contributed by atoms with Gasteiger partial charge >= 0.3 is 24.1 Å². The lowest BCUT2D eigenvalue weighted by molar-refractivity contribution is -0.167. The Morgan fingerprint density at radius 3 is 2.22 bits per heavy atom. The topological polar surface area (TPSA) is 155 Å². The van der Waals surface area contributed by atoms with Crippen LogP contribution >= 0.6 is 0 Å². The first kappa shape index (κ1) is 29.1. The van der Waals surface area contributed by atoms with E-state index in [1.54, 1.807) is 36.5 Å². The highest BCUT2D eigenvalue weighted by molar-refractivity contribution is 6.01. The Hall–Kier alpha value is -4.92. The molecule has 4 N–H and O–H groups in total. The second-order valence-corrected chi connectivity index (χ2v) is 8.58. The molecule has 0 radical (unpaired) electrons. The number of nitrogens with zero attached hydrogens (tertiary/aromatic N) is 3. The summed E-state index contributed by atoms with van der Waals surface area (Å²) in [6.45, 7) is 3.82. The normalized spacial score (nSPS) is 13.3. The Morgan fingerprint density at radius 2 is 1.61 bits per heavy atom. The van der Waals surface area contributed by atoms with E-state index < -0.39 is 24.1 Å². The van der Waals surface area contributed by atoms with Crippen LogP contribution in [0.4, 0.5) is 40.8 Å². The smallest absolute Gasteiger partial charge is 0.471 e. The van der Waals surface area contributed by atoms with Crippen molar-refractivity contribution in [3.63, 3.8) is 0 Å². The first-order chi connectivity index (χ1) is 19.5. The summed E-state index contributed by atoms with van der Waals surface area (Å²) in [6.07, 6.45) is -5.05. The number of halogens is 3. The van der Waals surface area contributed by atoms with Gasteiger partial charge in [-0.05, 0) is 49.4 Å². The molecule has 1 aliphatic rings. The van der Waals surface area contributed by atoms with Gasteiger partial charge in [-0.2, -0.15) is 13.2 Å². The SMILES string of the molecule is CCOc1c(C(=O)O)nc(-c2ccc(NC(=O)Nc3cccc(NC(=O)C(F)(F)F)c3)cc2)nc1N1CCOCC1. The van der Waals surface area contributed by atoms with Crippen LogP contribution in [0.25, 0.3) is 11.4 Å². The molecule has 3 amide bonds. The number of rotatable bonds is 8. The molecule has 0 bridgehead atoms. The summed E-state index contributed by atoms with van der Waals surface area (Å²) in [5.74, 6) is -2.86. The Balaban J connectivity index is 1.50. The first-order valence-electron chi connectivity index (χ1n) is 12.3. The molecule has 1 fully saturated rings. The number of aromatic nitrogens is 2. The highest BCUT2D eigenvalue weighted by Gasteiger charge is 2.38. The van der Waals surface area contributed by atoms with Crippen molar-refractivity contribution in [2.75, 3.05) is 53.8 Å². The number of ether oxygens (including phenoxy) is 2. The summed E-state index contributed by atoms with van der Waals surface area (Å²) in [5.41, 5.74) is 0.531. The number of carboxylic acid groups (broad SMARTS) is 1. The number of hydrogen-bond acceptors (Lipinski definition) is 8. The number of morpholine rings is 1. The van der Waals surface area contributed by atoms with E-state index in [1.807, 2.05) is 4.90 Å². The van der Waals surface area contributed by atoms with E-state index in [0.717, 1.165) is 0 Å². The zero-order valence-corrected chi connectivity index (χ0v) is 21.6. The highest BCUT2D eigenvalue weighted by atomic mass is 19.4. The van der Waals surface area contributed by atoms with Gasteiger partial charge in [-0.3, -0.25) is 4.79 Å². The maximum Gasteiger partial charge on any atom is 0.471 e. The second kappa shape index (κ2) is 12.5. The van der Waals surface area contributed by atoms with Gasteiger partial charge in [0, 0.05) is 35.7 Å². The number of carboxylic acids is 1. The molecule has 2 aromatic carbocycles. The van der Waals surface area contributed by atoms with Gasteiger partial charge in [0.25, 0.3) is 0 Å². The standard InChI is InChI=1S/C26H25F3N6O6/c1-2-41-20-19(23(36)37)33-21(34-22(20)35-10-12-40-13-11-35)15-6-8-16(9-7-15)31-25(39)32-18-5-3-4-17(14-18)30-24(38)26(27,28)29/h3-9,14H,2,10-13H2,1H3,(H,30,38)(H,36,37)(H2,31,32,39). The largest absolute Gasteiger partial charge is 0.488 e. The third-order valence-corrected chi connectivity index (χ3v) is 5.69. The van der Waals surface area contributed by atoms with Crippen molar-refractivity contribution >= 4 is 40.8 Å². The molecule has 1 aliphatic heterocycles. The van der Waals surface area contributed by atoms with Crippen molar-refractivity contribution in [1.29, 1.82) is 0 Å². The molecule has 3 aromatic rings. The Kier molecular flexibility index (Phi) is 8.87.